The van der Waals surface area contributed by atoms with Crippen molar-refractivity contribution in [2.45, 2.75) is 71.5 Å². The molecule has 2 rings (SSSR count). The summed E-state index contributed by atoms with van der Waals surface area (Å²) >= 11 is 0. The van der Waals surface area contributed by atoms with E-state index >= 15 is 0 Å². The Labute approximate surface area is 142 Å². The standard InChI is InChI=1S/C17H31N3OSi2/c1-17(2,3)21-16(23(7,8)9)20-13-11-10-12-14(22(4,5)6)15(13)18-19-20/h10-12,16H,1-9H3. The van der Waals surface area contributed by atoms with Gasteiger partial charge in [0, 0.05) is 0 Å². The lowest BCUT2D eigenvalue weighted by molar-refractivity contribution is -0.0632. The van der Waals surface area contributed by atoms with Crippen LogP contribution in [0.5, 0.6) is 0 Å². The number of benzene rings is 1. The first kappa shape index (κ1) is 18.4. The average Bonchev–Trinajstić information content (AvgIpc) is 2.75. The Morgan fingerprint density at radius 2 is 1.65 bits per heavy atom. The van der Waals surface area contributed by atoms with Gasteiger partial charge in [-0.15, -0.1) is 5.10 Å². The lowest BCUT2D eigenvalue weighted by atomic mass is 10.2. The molecule has 0 bridgehead atoms. The van der Waals surface area contributed by atoms with Gasteiger partial charge in [-0.25, -0.2) is 4.68 Å². The summed E-state index contributed by atoms with van der Waals surface area (Å²) in [7, 11) is -3.09. The molecule has 1 aromatic carbocycles. The van der Waals surface area contributed by atoms with Crippen molar-refractivity contribution in [3.05, 3.63) is 18.2 Å². The van der Waals surface area contributed by atoms with Crippen LogP contribution >= 0.6 is 0 Å². The van der Waals surface area contributed by atoms with Gasteiger partial charge in [0.15, 0.2) is 0 Å². The Hall–Kier alpha value is -0.986. The second-order valence-electron chi connectivity index (χ2n) is 9.41. The minimum absolute atomic E-state index is 0.0237. The fraction of sp³-hybridized carbons (Fsp3) is 0.647. The molecule has 1 heterocycles. The molecule has 1 aromatic heterocycles. The molecule has 0 saturated carbocycles. The lowest BCUT2D eigenvalue weighted by Crippen LogP contribution is -2.42. The van der Waals surface area contributed by atoms with E-state index in [4.69, 9.17) is 4.74 Å². The number of hydrogen-bond acceptors (Lipinski definition) is 3. The first-order chi connectivity index (χ1) is 10.3. The molecule has 6 heteroatoms. The van der Waals surface area contributed by atoms with Crippen LogP contribution in [0.1, 0.15) is 26.6 Å². The molecule has 0 saturated heterocycles. The third kappa shape index (κ3) is 4.11. The quantitative estimate of drug-likeness (QED) is 0.778. The normalized spacial score (nSPS) is 15.2. The van der Waals surface area contributed by atoms with Gasteiger partial charge >= 0.3 is 0 Å². The molecule has 23 heavy (non-hydrogen) atoms. The molecule has 0 fully saturated rings. The van der Waals surface area contributed by atoms with E-state index in [2.05, 4.69) is 88.6 Å². The van der Waals surface area contributed by atoms with Crippen LogP contribution in [-0.2, 0) is 4.74 Å². The Bertz CT molecular complexity index is 690. The van der Waals surface area contributed by atoms with Crippen molar-refractivity contribution in [2.24, 2.45) is 0 Å². The van der Waals surface area contributed by atoms with Gasteiger partial charge in [0.2, 0.25) is 0 Å². The van der Waals surface area contributed by atoms with Crippen molar-refractivity contribution >= 4 is 32.4 Å². The summed E-state index contributed by atoms with van der Waals surface area (Å²) in [4.78, 5) is 0. The van der Waals surface area contributed by atoms with Gasteiger partial charge < -0.3 is 4.74 Å². The molecule has 4 nitrogen and oxygen atoms in total. The van der Waals surface area contributed by atoms with Crippen LogP contribution < -0.4 is 5.19 Å². The Morgan fingerprint density at radius 3 is 2.13 bits per heavy atom. The predicted molar refractivity (Wildman–Crippen MR) is 104 cm³/mol. The average molecular weight is 350 g/mol. The van der Waals surface area contributed by atoms with Crippen LogP contribution in [0, 0.1) is 0 Å². The molecule has 0 N–H and O–H groups in total. The van der Waals surface area contributed by atoms with Gasteiger partial charge in [0.05, 0.1) is 19.2 Å². The largest absolute Gasteiger partial charge is 0.354 e. The Morgan fingerprint density at radius 1 is 1.04 bits per heavy atom. The second kappa shape index (κ2) is 5.82. The number of aromatic nitrogens is 3. The summed E-state index contributed by atoms with van der Waals surface area (Å²) in [6.07, 6.45) is 0. The molecule has 0 radical (unpaired) electrons. The summed E-state index contributed by atoms with van der Waals surface area (Å²) in [5, 5.41) is 10.4. The molecule has 128 valence electrons. The van der Waals surface area contributed by atoms with Crippen LogP contribution in [0.25, 0.3) is 11.0 Å². The van der Waals surface area contributed by atoms with E-state index < -0.39 is 16.1 Å². The van der Waals surface area contributed by atoms with Crippen molar-refractivity contribution in [1.29, 1.82) is 0 Å². The second-order valence-corrected chi connectivity index (χ2v) is 19.7. The summed E-state index contributed by atoms with van der Waals surface area (Å²) in [6.45, 7) is 20.3. The predicted octanol–water partition coefficient (Wildman–Crippen LogP) is 4.17. The van der Waals surface area contributed by atoms with Crippen LogP contribution in [0.2, 0.25) is 39.3 Å². The number of fused-ring (bicyclic) bond motifs is 1. The summed E-state index contributed by atoms with van der Waals surface area (Å²) in [6, 6.07) is 6.47. The highest BCUT2D eigenvalue weighted by molar-refractivity contribution is 6.90. The number of ether oxygens (including phenoxy) is 1. The van der Waals surface area contributed by atoms with Crippen LogP contribution in [0.4, 0.5) is 0 Å². The maximum atomic E-state index is 6.41. The number of nitrogens with zero attached hydrogens (tertiary/aromatic N) is 3. The van der Waals surface area contributed by atoms with E-state index in [-0.39, 0.29) is 11.5 Å². The minimum Gasteiger partial charge on any atom is -0.354 e. The van der Waals surface area contributed by atoms with E-state index in [0.717, 1.165) is 11.0 Å². The first-order valence-electron chi connectivity index (χ1n) is 8.33. The molecule has 1 unspecified atom stereocenters. The van der Waals surface area contributed by atoms with E-state index in [1.807, 2.05) is 4.68 Å². The zero-order valence-corrected chi connectivity index (χ0v) is 18.1. The highest BCUT2D eigenvalue weighted by Gasteiger charge is 2.35. The van der Waals surface area contributed by atoms with E-state index in [9.17, 15) is 0 Å². The third-order valence-electron chi connectivity index (χ3n) is 3.74. The Balaban J connectivity index is 2.62. The molecule has 0 spiro atoms. The topological polar surface area (TPSA) is 39.9 Å². The minimum atomic E-state index is -1.63. The van der Waals surface area contributed by atoms with E-state index in [0.29, 0.717) is 0 Å². The van der Waals surface area contributed by atoms with Gasteiger partial charge in [-0.1, -0.05) is 56.6 Å². The van der Waals surface area contributed by atoms with Gasteiger partial charge in [0.25, 0.3) is 0 Å². The molecule has 0 aliphatic rings. The fourth-order valence-corrected chi connectivity index (χ4v) is 5.79. The summed E-state index contributed by atoms with van der Waals surface area (Å²) in [5.74, 6) is -0.0237. The number of hydrogen-bond donors (Lipinski definition) is 0. The van der Waals surface area contributed by atoms with E-state index in [1.165, 1.54) is 5.19 Å². The van der Waals surface area contributed by atoms with Crippen LogP contribution in [-0.4, -0.2) is 36.7 Å². The van der Waals surface area contributed by atoms with E-state index in [1.54, 1.807) is 0 Å². The van der Waals surface area contributed by atoms with Crippen molar-refractivity contribution < 1.29 is 4.74 Å². The Kier molecular flexibility index (Phi) is 4.65. The highest BCUT2D eigenvalue weighted by atomic mass is 28.3. The fourth-order valence-electron chi connectivity index (χ4n) is 2.67. The maximum Gasteiger partial charge on any atom is 0.137 e. The lowest BCUT2D eigenvalue weighted by Gasteiger charge is -2.35. The van der Waals surface area contributed by atoms with Gasteiger partial charge in [0.1, 0.15) is 19.4 Å². The third-order valence-corrected chi connectivity index (χ3v) is 7.60. The molecule has 1 atom stereocenters. The zero-order valence-electron chi connectivity index (χ0n) is 16.1. The van der Waals surface area contributed by atoms with Crippen LogP contribution in [0.15, 0.2) is 18.2 Å². The SMILES string of the molecule is CC(C)(C)OC(n1nnc2c([Si](C)(C)C)cccc21)[Si](C)(C)C. The van der Waals surface area contributed by atoms with Crippen molar-refractivity contribution in [3.8, 4) is 0 Å². The smallest absolute Gasteiger partial charge is 0.137 e. The van der Waals surface area contributed by atoms with Crippen molar-refractivity contribution in [2.75, 3.05) is 0 Å². The molecule has 2 aromatic rings. The first-order valence-corrected chi connectivity index (χ1v) is 15.4. The zero-order chi connectivity index (χ0) is 17.6. The molecular formula is C17H31N3OSi2. The number of rotatable bonds is 4. The molecular weight excluding hydrogens is 318 g/mol. The summed E-state index contributed by atoms with van der Waals surface area (Å²) < 4.78 is 8.44. The molecule has 0 aliphatic carbocycles. The van der Waals surface area contributed by atoms with Crippen LogP contribution in [0.3, 0.4) is 0 Å². The van der Waals surface area contributed by atoms with Crippen molar-refractivity contribution in [3.63, 3.8) is 0 Å². The summed E-state index contributed by atoms with van der Waals surface area (Å²) in [5.41, 5.74) is 1.94. The van der Waals surface area contributed by atoms with Gasteiger partial charge in [-0.2, -0.15) is 0 Å². The van der Waals surface area contributed by atoms with Crippen molar-refractivity contribution in [1.82, 2.24) is 15.0 Å². The van der Waals surface area contributed by atoms with Gasteiger partial charge in [-0.3, -0.25) is 0 Å². The molecule has 0 amide bonds. The highest BCUT2D eigenvalue weighted by Crippen LogP contribution is 2.29. The maximum absolute atomic E-state index is 6.41. The molecule has 0 aliphatic heterocycles. The van der Waals surface area contributed by atoms with Gasteiger partial charge in [-0.05, 0) is 32.0 Å². The monoisotopic (exact) mass is 349 g/mol.